The van der Waals surface area contributed by atoms with Crippen molar-refractivity contribution in [3.8, 4) is 0 Å². The Morgan fingerprint density at radius 3 is 2.25 bits per heavy atom. The second-order valence-electron chi connectivity index (χ2n) is 1.33. The maximum atomic E-state index is 4.01. The summed E-state index contributed by atoms with van der Waals surface area (Å²) in [6.45, 7) is 2.09. The van der Waals surface area contributed by atoms with Crippen molar-refractivity contribution in [2.45, 2.75) is 13.3 Å². The molecule has 0 atom stereocenters. The lowest BCUT2D eigenvalue weighted by Crippen LogP contribution is -2.12. The second kappa shape index (κ2) is 4.78. The fourth-order valence-electron chi connectivity index (χ4n) is 0.330. The molecule has 0 bridgehead atoms. The molecule has 0 saturated heterocycles. The van der Waals surface area contributed by atoms with Crippen LogP contribution in [0.25, 0.3) is 0 Å². The molecule has 0 aromatic heterocycles. The molecule has 0 amide bonds. The van der Waals surface area contributed by atoms with Crippen molar-refractivity contribution in [1.29, 1.82) is 0 Å². The Bertz CT molecular complexity index is 90.0. The first kappa shape index (κ1) is 8.93. The van der Waals surface area contributed by atoms with Crippen LogP contribution in [0.4, 0.5) is 0 Å². The summed E-state index contributed by atoms with van der Waals surface area (Å²) < 4.78 is 6.00. The molecular formula is C4H8I2N2. The maximum Gasteiger partial charge on any atom is 0.119 e. The molecule has 0 spiro atoms. The Morgan fingerprint density at radius 2 is 2.25 bits per heavy atom. The molecule has 0 heterocycles. The van der Waals surface area contributed by atoms with Crippen LogP contribution < -0.4 is 0 Å². The van der Waals surface area contributed by atoms with Crippen molar-refractivity contribution >= 4 is 51.6 Å². The van der Waals surface area contributed by atoms with Crippen molar-refractivity contribution in [2.24, 2.45) is 3.21 Å². The van der Waals surface area contributed by atoms with Gasteiger partial charge in [-0.3, -0.25) is 0 Å². The number of amidine groups is 1. The minimum absolute atomic E-state index is 1.00. The molecule has 0 rings (SSSR count). The molecule has 0 aromatic carbocycles. The van der Waals surface area contributed by atoms with Crippen LogP contribution in [0.15, 0.2) is 3.21 Å². The summed E-state index contributed by atoms with van der Waals surface area (Å²) in [6.07, 6.45) is 1.00. The lowest BCUT2D eigenvalue weighted by molar-refractivity contribution is 0.875. The summed E-state index contributed by atoms with van der Waals surface area (Å²) >= 11 is 4.21. The monoisotopic (exact) mass is 338 g/mol. The van der Waals surface area contributed by atoms with Gasteiger partial charge < -0.3 is 3.11 Å². The second-order valence-corrected chi connectivity index (χ2v) is 3.26. The van der Waals surface area contributed by atoms with Crippen LogP contribution in [0.1, 0.15) is 13.3 Å². The van der Waals surface area contributed by atoms with Gasteiger partial charge in [0.05, 0.1) is 45.7 Å². The highest BCUT2D eigenvalue weighted by Gasteiger charge is 1.95. The predicted molar refractivity (Wildman–Crippen MR) is 53.5 cm³/mol. The van der Waals surface area contributed by atoms with Gasteiger partial charge in [0.1, 0.15) is 5.84 Å². The van der Waals surface area contributed by atoms with Crippen molar-refractivity contribution < 1.29 is 0 Å². The van der Waals surface area contributed by atoms with Crippen molar-refractivity contribution in [1.82, 2.24) is 3.11 Å². The van der Waals surface area contributed by atoms with Crippen LogP contribution >= 0.6 is 45.7 Å². The third kappa shape index (κ3) is 3.06. The molecule has 0 aromatic rings. The van der Waals surface area contributed by atoms with E-state index in [2.05, 4.69) is 33.0 Å². The predicted octanol–water partition coefficient (Wildman–Crippen LogP) is 2.43. The van der Waals surface area contributed by atoms with Crippen molar-refractivity contribution in [3.63, 3.8) is 0 Å². The van der Waals surface area contributed by atoms with Crippen LogP contribution in [0, 0.1) is 0 Å². The van der Waals surface area contributed by atoms with Gasteiger partial charge in [0.25, 0.3) is 0 Å². The van der Waals surface area contributed by atoms with Crippen molar-refractivity contribution in [3.05, 3.63) is 0 Å². The van der Waals surface area contributed by atoms with E-state index in [9.17, 15) is 0 Å². The lowest BCUT2D eigenvalue weighted by Gasteiger charge is -2.08. The summed E-state index contributed by atoms with van der Waals surface area (Å²) in [6, 6.07) is 0. The van der Waals surface area contributed by atoms with E-state index in [1.54, 1.807) is 0 Å². The lowest BCUT2D eigenvalue weighted by atomic mass is 10.4. The van der Waals surface area contributed by atoms with Crippen LogP contribution in [-0.2, 0) is 0 Å². The van der Waals surface area contributed by atoms with Gasteiger partial charge in [0.15, 0.2) is 0 Å². The summed E-state index contributed by atoms with van der Waals surface area (Å²) in [4.78, 5) is 0. The first-order valence-corrected chi connectivity index (χ1v) is 4.22. The first-order chi connectivity index (χ1) is 3.72. The van der Waals surface area contributed by atoms with Gasteiger partial charge in [-0.15, -0.1) is 0 Å². The highest BCUT2D eigenvalue weighted by atomic mass is 127. The quantitative estimate of drug-likeness (QED) is 0.310. The molecule has 0 aliphatic carbocycles. The zero-order chi connectivity index (χ0) is 6.57. The van der Waals surface area contributed by atoms with Gasteiger partial charge in [0, 0.05) is 13.5 Å². The molecule has 0 aliphatic heterocycles. The molecule has 0 N–H and O–H groups in total. The molecule has 0 unspecified atom stereocenters. The number of hydrogen-bond acceptors (Lipinski definition) is 1. The SMILES string of the molecule is CC/C(=N/I)N(C)I. The van der Waals surface area contributed by atoms with Crippen molar-refractivity contribution in [2.75, 3.05) is 7.05 Å². The highest BCUT2D eigenvalue weighted by molar-refractivity contribution is 14.1. The molecule has 0 aliphatic rings. The van der Waals surface area contributed by atoms with Gasteiger partial charge >= 0.3 is 0 Å². The molecule has 48 valence electrons. The Balaban J connectivity index is 3.72. The standard InChI is InChI=1S/C4H8I2N2/c1-3-4(7-5)8(2)6/h3H2,1-2H3/b7-4-. The van der Waals surface area contributed by atoms with E-state index in [0.29, 0.717) is 0 Å². The maximum absolute atomic E-state index is 4.01. The normalized spacial score (nSPS) is 11.8. The molecule has 0 saturated carbocycles. The van der Waals surface area contributed by atoms with Gasteiger partial charge in [-0.2, -0.15) is 0 Å². The fourth-order valence-corrected chi connectivity index (χ4v) is 1.86. The Kier molecular flexibility index (Phi) is 5.33. The molecule has 0 radical (unpaired) electrons. The zero-order valence-electron chi connectivity index (χ0n) is 4.86. The Labute approximate surface area is 77.7 Å². The number of rotatable bonds is 1. The van der Waals surface area contributed by atoms with Crippen LogP contribution in [0.5, 0.6) is 0 Å². The van der Waals surface area contributed by atoms with Gasteiger partial charge in [-0.05, 0) is 0 Å². The average Bonchev–Trinajstić information content (AvgIpc) is 1.69. The summed E-state index contributed by atoms with van der Waals surface area (Å²) in [5.74, 6) is 1.12. The van der Waals surface area contributed by atoms with Gasteiger partial charge in [-0.25, -0.2) is 3.21 Å². The van der Waals surface area contributed by atoms with E-state index in [4.69, 9.17) is 0 Å². The number of hydrogen-bond donors (Lipinski definition) is 0. The van der Waals surface area contributed by atoms with Crippen LogP contribution in [0.3, 0.4) is 0 Å². The third-order valence-electron chi connectivity index (χ3n) is 0.769. The summed E-state index contributed by atoms with van der Waals surface area (Å²) in [5, 5.41) is 0. The molecule has 4 heteroatoms. The van der Waals surface area contributed by atoms with E-state index in [0.717, 1.165) is 12.3 Å². The Morgan fingerprint density at radius 1 is 1.75 bits per heavy atom. The van der Waals surface area contributed by atoms with Crippen LogP contribution in [-0.4, -0.2) is 16.0 Å². The fraction of sp³-hybridized carbons (Fsp3) is 0.750. The minimum atomic E-state index is 1.00. The largest absolute Gasteiger partial charge is 0.305 e. The minimum Gasteiger partial charge on any atom is -0.305 e. The number of halogens is 2. The smallest absolute Gasteiger partial charge is 0.119 e. The molecule has 2 nitrogen and oxygen atoms in total. The first-order valence-electron chi connectivity index (χ1n) is 2.29. The molecule has 8 heavy (non-hydrogen) atoms. The van der Waals surface area contributed by atoms with Gasteiger partial charge in [-0.1, -0.05) is 6.92 Å². The summed E-state index contributed by atoms with van der Waals surface area (Å²) in [5.41, 5.74) is 0. The zero-order valence-corrected chi connectivity index (χ0v) is 9.17. The van der Waals surface area contributed by atoms with E-state index >= 15 is 0 Å². The van der Waals surface area contributed by atoms with E-state index in [1.807, 2.05) is 33.0 Å². The number of nitrogens with zero attached hydrogens (tertiary/aromatic N) is 2. The average molecular weight is 338 g/mol. The Hall–Kier alpha value is 0.930. The highest BCUT2D eigenvalue weighted by Crippen LogP contribution is 2.02. The third-order valence-corrected chi connectivity index (χ3v) is 1.88. The van der Waals surface area contributed by atoms with Gasteiger partial charge in [0.2, 0.25) is 0 Å². The van der Waals surface area contributed by atoms with Crippen LogP contribution in [0.2, 0.25) is 0 Å². The topological polar surface area (TPSA) is 15.6 Å². The van der Waals surface area contributed by atoms with E-state index in [-0.39, 0.29) is 0 Å². The summed E-state index contributed by atoms with van der Waals surface area (Å²) in [7, 11) is 1.99. The van der Waals surface area contributed by atoms with E-state index < -0.39 is 0 Å². The molecule has 0 fully saturated rings. The molecular weight excluding hydrogens is 330 g/mol. The van der Waals surface area contributed by atoms with E-state index in [1.165, 1.54) is 0 Å².